The van der Waals surface area contributed by atoms with E-state index < -0.39 is 9.84 Å². The van der Waals surface area contributed by atoms with Crippen LogP contribution in [0.25, 0.3) is 0 Å². The van der Waals surface area contributed by atoms with Gasteiger partial charge < -0.3 is 5.32 Å². The van der Waals surface area contributed by atoms with Crippen molar-refractivity contribution in [1.82, 2.24) is 24.6 Å². The Kier molecular flexibility index (Phi) is 7.37. The lowest BCUT2D eigenvalue weighted by atomic mass is 9.59. The number of carbonyl (C=O) groups excluding carboxylic acids is 1. The molecule has 1 N–H and O–H groups in total. The third-order valence-electron chi connectivity index (χ3n) is 9.03. The topological polar surface area (TPSA) is 113 Å². The molecule has 11 heteroatoms. The van der Waals surface area contributed by atoms with Gasteiger partial charge in [-0.05, 0) is 86.4 Å². The van der Waals surface area contributed by atoms with Crippen molar-refractivity contribution >= 4 is 27.4 Å². The molecule has 1 saturated heterocycles. The Morgan fingerprint density at radius 3 is 2.55 bits per heavy atom. The van der Waals surface area contributed by atoms with Crippen molar-refractivity contribution in [2.24, 2.45) is 18.9 Å². The van der Waals surface area contributed by atoms with Crippen LogP contribution in [0.2, 0.25) is 0 Å². The first-order valence-corrected chi connectivity index (χ1v) is 16.9. The summed E-state index contributed by atoms with van der Waals surface area (Å²) >= 11 is 0. The Labute approximate surface area is 248 Å². The van der Waals surface area contributed by atoms with Crippen LogP contribution in [0.1, 0.15) is 79.3 Å². The highest BCUT2D eigenvalue weighted by atomic mass is 32.2. The third kappa shape index (κ3) is 5.21. The predicted octanol–water partition coefficient (Wildman–Crippen LogP) is 4.15. The van der Waals surface area contributed by atoms with Crippen molar-refractivity contribution in [1.29, 1.82) is 0 Å². The molecule has 4 heterocycles. The summed E-state index contributed by atoms with van der Waals surface area (Å²) in [6.45, 7) is 9.89. The van der Waals surface area contributed by atoms with E-state index in [1.807, 2.05) is 32.2 Å². The Balaban J connectivity index is 1.40. The molecule has 1 aliphatic carbocycles. The van der Waals surface area contributed by atoms with Gasteiger partial charge in [0.2, 0.25) is 0 Å². The summed E-state index contributed by atoms with van der Waals surface area (Å²) < 4.78 is 27.8. The normalized spacial score (nSPS) is 24.5. The molecule has 3 aliphatic rings. The van der Waals surface area contributed by atoms with Gasteiger partial charge in [-0.2, -0.15) is 5.10 Å². The molecule has 2 fully saturated rings. The summed E-state index contributed by atoms with van der Waals surface area (Å²) in [7, 11) is -1.69. The fourth-order valence-corrected chi connectivity index (χ4v) is 8.15. The molecular formula is C31H41N7O3S. The number of carbonyl (C=O) groups is 1. The van der Waals surface area contributed by atoms with Crippen LogP contribution < -0.4 is 10.2 Å². The van der Waals surface area contributed by atoms with Crippen molar-refractivity contribution in [3.63, 3.8) is 0 Å². The smallest absolute Gasteiger partial charge is 0.260 e. The fourth-order valence-electron chi connectivity index (χ4n) is 7.17. The maximum atomic E-state index is 14.0. The van der Waals surface area contributed by atoms with Gasteiger partial charge in [0.1, 0.15) is 18.0 Å². The molecule has 2 aliphatic heterocycles. The molecule has 0 unspecified atom stereocenters. The number of rotatable bonds is 8. The average Bonchev–Trinajstić information content (AvgIpc) is 3.49. The summed E-state index contributed by atoms with van der Waals surface area (Å²) in [4.78, 5) is 27.7. The standard InChI is InChI=1S/C31H41N7O3S/c1-6-32-27-12-23(31(14-21(3)15-31)30-33-19-36(4)35-30)13-28(34-27)38-18-25-24(29(38)39)10-22(11-26(25)42(5,40)41)17-37-9-7-8-20(2)16-37/h10-13,19-21H,6-9,14-18H2,1-5H3,(H,32,34)/t20-,21?,31?/m0/s1. The second-order valence-corrected chi connectivity index (χ2v) is 14.7. The largest absolute Gasteiger partial charge is 0.370 e. The minimum Gasteiger partial charge on any atom is -0.370 e. The minimum absolute atomic E-state index is 0.158. The van der Waals surface area contributed by atoms with Gasteiger partial charge in [-0.1, -0.05) is 13.8 Å². The number of likely N-dealkylation sites (tertiary alicyclic amines) is 1. The second kappa shape index (κ2) is 10.8. The summed E-state index contributed by atoms with van der Waals surface area (Å²) in [6, 6.07) is 7.69. The number of hydrogen-bond donors (Lipinski definition) is 1. The van der Waals surface area contributed by atoms with Gasteiger partial charge in [-0.25, -0.2) is 18.4 Å². The Morgan fingerprint density at radius 2 is 1.90 bits per heavy atom. The number of hydrogen-bond acceptors (Lipinski definition) is 8. The second-order valence-electron chi connectivity index (χ2n) is 12.7. The van der Waals surface area contributed by atoms with E-state index >= 15 is 0 Å². The number of aromatic nitrogens is 4. The van der Waals surface area contributed by atoms with Crippen LogP contribution in [0.5, 0.6) is 0 Å². The van der Waals surface area contributed by atoms with Crippen LogP contribution in [-0.2, 0) is 35.4 Å². The van der Waals surface area contributed by atoms with Gasteiger partial charge in [0.05, 0.1) is 16.9 Å². The van der Waals surface area contributed by atoms with E-state index in [0.29, 0.717) is 47.7 Å². The molecule has 6 rings (SSSR count). The number of nitrogens with one attached hydrogen (secondary N) is 1. The molecule has 0 spiro atoms. The third-order valence-corrected chi connectivity index (χ3v) is 10.2. The van der Waals surface area contributed by atoms with Gasteiger partial charge in [0, 0.05) is 44.1 Å². The number of aryl methyl sites for hydroxylation is 1. The Hall–Kier alpha value is -3.31. The summed E-state index contributed by atoms with van der Waals surface area (Å²) in [5.74, 6) is 2.85. The average molecular weight is 592 g/mol. The van der Waals surface area contributed by atoms with E-state index in [1.165, 1.54) is 12.7 Å². The van der Waals surface area contributed by atoms with Gasteiger partial charge >= 0.3 is 0 Å². The molecular weight excluding hydrogens is 550 g/mol. The molecule has 1 amide bonds. The van der Waals surface area contributed by atoms with E-state index in [4.69, 9.17) is 4.98 Å². The first-order valence-electron chi connectivity index (χ1n) is 15.0. The Morgan fingerprint density at radius 1 is 1.12 bits per heavy atom. The molecule has 0 radical (unpaired) electrons. The Bertz CT molecular complexity index is 1630. The van der Waals surface area contributed by atoms with E-state index in [-0.39, 0.29) is 22.8 Å². The van der Waals surface area contributed by atoms with Crippen molar-refractivity contribution in [2.75, 3.05) is 36.1 Å². The van der Waals surface area contributed by atoms with Crippen LogP contribution in [0.15, 0.2) is 35.5 Å². The number of anilines is 2. The van der Waals surface area contributed by atoms with Gasteiger partial charge in [-0.3, -0.25) is 19.3 Å². The number of fused-ring (bicyclic) bond motifs is 1. The van der Waals surface area contributed by atoms with Gasteiger partial charge in [0.25, 0.3) is 5.91 Å². The molecule has 1 atom stereocenters. The number of amides is 1. The molecule has 2 aromatic heterocycles. The van der Waals surface area contributed by atoms with Crippen LogP contribution >= 0.6 is 0 Å². The van der Waals surface area contributed by atoms with Crippen molar-refractivity contribution < 1.29 is 13.2 Å². The molecule has 1 aromatic carbocycles. The highest BCUT2D eigenvalue weighted by Gasteiger charge is 2.48. The monoisotopic (exact) mass is 591 g/mol. The maximum Gasteiger partial charge on any atom is 0.260 e. The lowest BCUT2D eigenvalue weighted by molar-refractivity contribution is 0.0995. The van der Waals surface area contributed by atoms with Crippen LogP contribution in [0, 0.1) is 11.8 Å². The van der Waals surface area contributed by atoms with Crippen LogP contribution in [0.3, 0.4) is 0 Å². The lowest BCUT2D eigenvalue weighted by Gasteiger charge is -2.45. The molecule has 3 aromatic rings. The van der Waals surface area contributed by atoms with Crippen molar-refractivity contribution in [3.8, 4) is 0 Å². The fraction of sp³-hybridized carbons (Fsp3) is 0.548. The molecule has 224 valence electrons. The highest BCUT2D eigenvalue weighted by molar-refractivity contribution is 7.90. The van der Waals surface area contributed by atoms with Gasteiger partial charge in [0.15, 0.2) is 15.7 Å². The zero-order chi connectivity index (χ0) is 29.8. The van der Waals surface area contributed by atoms with Crippen LogP contribution in [0.4, 0.5) is 11.6 Å². The number of benzene rings is 1. The number of sulfone groups is 1. The molecule has 10 nitrogen and oxygen atoms in total. The molecule has 1 saturated carbocycles. The van der Waals surface area contributed by atoms with E-state index in [9.17, 15) is 13.2 Å². The number of piperidine rings is 1. The van der Waals surface area contributed by atoms with E-state index in [2.05, 4.69) is 34.1 Å². The first-order chi connectivity index (χ1) is 20.0. The van der Waals surface area contributed by atoms with Crippen molar-refractivity contribution in [2.45, 2.75) is 69.9 Å². The van der Waals surface area contributed by atoms with Gasteiger partial charge in [-0.15, -0.1) is 0 Å². The molecule has 0 bridgehead atoms. The van der Waals surface area contributed by atoms with E-state index in [0.717, 1.165) is 49.3 Å². The van der Waals surface area contributed by atoms with Crippen molar-refractivity contribution in [3.05, 3.63) is 58.7 Å². The minimum atomic E-state index is -3.56. The first kappa shape index (κ1) is 28.8. The number of nitrogens with zero attached hydrogens (tertiary/aromatic N) is 6. The maximum absolute atomic E-state index is 14.0. The summed E-state index contributed by atoms with van der Waals surface area (Å²) in [5, 5.41) is 8.01. The lowest BCUT2D eigenvalue weighted by Crippen LogP contribution is -2.42. The van der Waals surface area contributed by atoms with Crippen LogP contribution in [-0.4, -0.2) is 64.9 Å². The van der Waals surface area contributed by atoms with E-state index in [1.54, 1.807) is 22.0 Å². The number of pyridine rings is 1. The molecule has 42 heavy (non-hydrogen) atoms. The zero-order valence-corrected chi connectivity index (χ0v) is 26.0. The highest BCUT2D eigenvalue weighted by Crippen LogP contribution is 2.52. The predicted molar refractivity (Wildman–Crippen MR) is 162 cm³/mol. The zero-order valence-electron chi connectivity index (χ0n) is 25.2. The summed E-state index contributed by atoms with van der Waals surface area (Å²) in [5.41, 5.74) is 2.51. The quantitative estimate of drug-likeness (QED) is 0.416. The summed E-state index contributed by atoms with van der Waals surface area (Å²) in [6.07, 6.45) is 7.09. The SMILES string of the molecule is CCNc1cc(C2(c3ncn(C)n3)CC(C)C2)cc(N2Cc3c(cc(CN4CCC[C@H](C)C4)cc3S(C)(=O)=O)C2=O)n1.